The number of hydrogen-bond acceptors (Lipinski definition) is 4. The second-order valence-corrected chi connectivity index (χ2v) is 6.50. The highest BCUT2D eigenvalue weighted by Gasteiger charge is 2.20. The molecule has 0 saturated carbocycles. The molecule has 1 aromatic heterocycles. The second kappa shape index (κ2) is 6.04. The zero-order valence-electron chi connectivity index (χ0n) is 11.7. The topological polar surface area (TPSA) is 42.4 Å². The Labute approximate surface area is 124 Å². The van der Waals surface area contributed by atoms with Gasteiger partial charge in [0.1, 0.15) is 5.76 Å². The monoisotopic (exact) mass is 288 g/mol. The van der Waals surface area contributed by atoms with Crippen LogP contribution in [0.5, 0.6) is 0 Å². The van der Waals surface area contributed by atoms with Crippen LogP contribution in [0.15, 0.2) is 50.8 Å². The molecule has 106 valence electrons. The van der Waals surface area contributed by atoms with Crippen LogP contribution < -0.4 is 5.73 Å². The van der Waals surface area contributed by atoms with Crippen LogP contribution in [0.4, 0.5) is 0 Å². The van der Waals surface area contributed by atoms with Crippen LogP contribution in [0.25, 0.3) is 0 Å². The molecule has 3 rings (SSSR count). The molecule has 1 atom stereocenters. The smallest absolute Gasteiger partial charge is 0.165 e. The highest BCUT2D eigenvalue weighted by atomic mass is 32.2. The van der Waals surface area contributed by atoms with Crippen molar-refractivity contribution in [1.82, 2.24) is 4.90 Å². The number of benzene rings is 1. The van der Waals surface area contributed by atoms with Gasteiger partial charge in [-0.3, -0.25) is 4.90 Å². The predicted octanol–water partition coefficient (Wildman–Crippen LogP) is 3.27. The molecule has 1 fully saturated rings. The predicted molar refractivity (Wildman–Crippen MR) is 81.9 cm³/mol. The number of rotatable bonds is 4. The molecule has 1 aromatic carbocycles. The lowest BCUT2D eigenvalue weighted by Gasteiger charge is -2.12. The Balaban J connectivity index is 1.60. The molecule has 20 heavy (non-hydrogen) atoms. The van der Waals surface area contributed by atoms with E-state index in [1.165, 1.54) is 10.5 Å². The van der Waals surface area contributed by atoms with Crippen LogP contribution in [-0.2, 0) is 6.54 Å². The third-order valence-corrected chi connectivity index (χ3v) is 4.49. The van der Waals surface area contributed by atoms with Gasteiger partial charge in [-0.2, -0.15) is 0 Å². The Kier molecular flexibility index (Phi) is 4.15. The Morgan fingerprint density at radius 1 is 1.25 bits per heavy atom. The molecule has 2 aromatic rings. The lowest BCUT2D eigenvalue weighted by atomic mass is 10.2. The second-order valence-electron chi connectivity index (χ2n) is 5.42. The van der Waals surface area contributed by atoms with Crippen molar-refractivity contribution in [1.29, 1.82) is 0 Å². The Hall–Kier alpha value is -1.23. The van der Waals surface area contributed by atoms with Gasteiger partial charge in [0, 0.05) is 24.0 Å². The minimum Gasteiger partial charge on any atom is -0.453 e. The van der Waals surface area contributed by atoms with Crippen molar-refractivity contribution in [2.45, 2.75) is 35.9 Å². The maximum Gasteiger partial charge on any atom is 0.165 e. The van der Waals surface area contributed by atoms with Gasteiger partial charge in [0.2, 0.25) is 0 Å². The van der Waals surface area contributed by atoms with E-state index in [1.807, 2.05) is 0 Å². The van der Waals surface area contributed by atoms with E-state index in [9.17, 15) is 0 Å². The van der Waals surface area contributed by atoms with E-state index in [-0.39, 0.29) is 0 Å². The van der Waals surface area contributed by atoms with E-state index in [0.717, 1.165) is 36.9 Å². The maximum absolute atomic E-state index is 5.92. The first-order valence-electron chi connectivity index (χ1n) is 7.00. The van der Waals surface area contributed by atoms with E-state index >= 15 is 0 Å². The number of furan rings is 1. The standard InChI is InChI=1S/C16H20N2OS/c1-12-2-5-15(6-3-12)20-16-7-4-14(19-16)11-18-9-8-13(17)10-18/h2-7,13H,8-11,17H2,1H3/t13-/m1/s1. The zero-order valence-corrected chi connectivity index (χ0v) is 12.5. The third kappa shape index (κ3) is 3.45. The minimum absolute atomic E-state index is 0.325. The molecular weight excluding hydrogens is 268 g/mol. The van der Waals surface area contributed by atoms with Gasteiger partial charge in [-0.05, 0) is 37.6 Å². The normalized spacial score (nSPS) is 19.6. The first kappa shape index (κ1) is 13.7. The molecule has 0 amide bonds. The summed E-state index contributed by atoms with van der Waals surface area (Å²) in [7, 11) is 0. The maximum atomic E-state index is 5.92. The summed E-state index contributed by atoms with van der Waals surface area (Å²) < 4.78 is 5.90. The van der Waals surface area contributed by atoms with E-state index in [4.69, 9.17) is 10.2 Å². The molecule has 0 bridgehead atoms. The van der Waals surface area contributed by atoms with Crippen molar-refractivity contribution in [3.8, 4) is 0 Å². The molecule has 4 heteroatoms. The fraction of sp³-hybridized carbons (Fsp3) is 0.375. The summed E-state index contributed by atoms with van der Waals surface area (Å²) in [4.78, 5) is 3.56. The summed E-state index contributed by atoms with van der Waals surface area (Å²) in [6.07, 6.45) is 1.09. The largest absolute Gasteiger partial charge is 0.453 e. The van der Waals surface area contributed by atoms with Crippen LogP contribution in [0, 0.1) is 6.92 Å². The fourth-order valence-electron chi connectivity index (χ4n) is 2.45. The average Bonchev–Trinajstić information content (AvgIpc) is 3.02. The summed E-state index contributed by atoms with van der Waals surface area (Å²) in [6, 6.07) is 12.9. The lowest BCUT2D eigenvalue weighted by Crippen LogP contribution is -2.26. The summed E-state index contributed by atoms with van der Waals surface area (Å²) in [5.41, 5.74) is 7.20. The van der Waals surface area contributed by atoms with Gasteiger partial charge < -0.3 is 10.2 Å². The van der Waals surface area contributed by atoms with Crippen molar-refractivity contribution in [2.75, 3.05) is 13.1 Å². The Morgan fingerprint density at radius 2 is 2.05 bits per heavy atom. The summed E-state index contributed by atoms with van der Waals surface area (Å²) in [5.74, 6) is 1.02. The van der Waals surface area contributed by atoms with Gasteiger partial charge in [0.15, 0.2) is 5.09 Å². The first-order valence-corrected chi connectivity index (χ1v) is 7.82. The highest BCUT2D eigenvalue weighted by molar-refractivity contribution is 7.99. The Morgan fingerprint density at radius 3 is 2.75 bits per heavy atom. The molecule has 0 radical (unpaired) electrons. The van der Waals surface area contributed by atoms with E-state index in [1.54, 1.807) is 11.8 Å². The van der Waals surface area contributed by atoms with Crippen LogP contribution in [0.3, 0.4) is 0 Å². The van der Waals surface area contributed by atoms with Crippen LogP contribution in [0.1, 0.15) is 17.7 Å². The van der Waals surface area contributed by atoms with Gasteiger partial charge in [0.25, 0.3) is 0 Å². The van der Waals surface area contributed by atoms with E-state index in [0.29, 0.717) is 6.04 Å². The summed E-state index contributed by atoms with van der Waals surface area (Å²) in [5, 5.41) is 0.951. The lowest BCUT2D eigenvalue weighted by molar-refractivity contribution is 0.283. The molecule has 1 aliphatic rings. The van der Waals surface area contributed by atoms with E-state index < -0.39 is 0 Å². The molecule has 0 unspecified atom stereocenters. The van der Waals surface area contributed by atoms with Crippen molar-refractivity contribution in [2.24, 2.45) is 5.73 Å². The van der Waals surface area contributed by atoms with Gasteiger partial charge in [0.05, 0.1) is 6.54 Å². The molecule has 0 spiro atoms. The van der Waals surface area contributed by atoms with Crippen LogP contribution in [0.2, 0.25) is 0 Å². The van der Waals surface area contributed by atoms with Crippen molar-refractivity contribution in [3.05, 3.63) is 47.7 Å². The number of nitrogens with two attached hydrogens (primary N) is 1. The van der Waals surface area contributed by atoms with Crippen LogP contribution >= 0.6 is 11.8 Å². The van der Waals surface area contributed by atoms with Gasteiger partial charge in [-0.15, -0.1) is 0 Å². The summed E-state index contributed by atoms with van der Waals surface area (Å²) >= 11 is 1.67. The molecule has 2 heterocycles. The molecule has 0 aliphatic carbocycles. The molecule has 3 nitrogen and oxygen atoms in total. The Bertz CT molecular complexity index is 564. The molecule has 2 N–H and O–H groups in total. The third-order valence-electron chi connectivity index (χ3n) is 3.56. The highest BCUT2D eigenvalue weighted by Crippen LogP contribution is 2.29. The number of nitrogens with zero attached hydrogens (tertiary/aromatic N) is 1. The minimum atomic E-state index is 0.325. The number of likely N-dealkylation sites (tertiary alicyclic amines) is 1. The summed E-state index contributed by atoms with van der Waals surface area (Å²) in [6.45, 7) is 5.01. The number of aryl methyl sites for hydroxylation is 1. The molecule has 1 saturated heterocycles. The van der Waals surface area contributed by atoms with Crippen molar-refractivity contribution < 1.29 is 4.42 Å². The number of hydrogen-bond donors (Lipinski definition) is 1. The van der Waals surface area contributed by atoms with Gasteiger partial charge in [-0.1, -0.05) is 29.5 Å². The average molecular weight is 288 g/mol. The van der Waals surface area contributed by atoms with E-state index in [2.05, 4.69) is 48.2 Å². The van der Waals surface area contributed by atoms with Gasteiger partial charge in [-0.25, -0.2) is 0 Å². The van der Waals surface area contributed by atoms with Crippen LogP contribution in [-0.4, -0.2) is 24.0 Å². The van der Waals surface area contributed by atoms with Crippen molar-refractivity contribution in [3.63, 3.8) is 0 Å². The van der Waals surface area contributed by atoms with Crippen molar-refractivity contribution >= 4 is 11.8 Å². The quantitative estimate of drug-likeness (QED) is 0.937. The first-order chi connectivity index (χ1) is 9.69. The molecular formula is C16H20N2OS. The SMILES string of the molecule is Cc1ccc(Sc2ccc(CN3CC[C@@H](N)C3)o2)cc1. The fourth-order valence-corrected chi connectivity index (χ4v) is 3.24. The van der Waals surface area contributed by atoms with Gasteiger partial charge >= 0.3 is 0 Å². The zero-order chi connectivity index (χ0) is 13.9. The molecule has 1 aliphatic heterocycles.